The lowest BCUT2D eigenvalue weighted by Gasteiger charge is -2.15. The molecule has 23 heavy (non-hydrogen) atoms. The molecule has 2 aromatic carbocycles. The molecule has 0 aliphatic rings. The lowest BCUT2D eigenvalue weighted by atomic mass is 9.99. The van der Waals surface area contributed by atoms with Crippen LogP contribution < -0.4 is 0 Å². The maximum Gasteiger partial charge on any atom is 0.160 e. The minimum atomic E-state index is -0.243. The molecule has 0 atom stereocenters. The van der Waals surface area contributed by atoms with Gasteiger partial charge < -0.3 is 0 Å². The standard InChI is InChI=1S/C20H19FN2/c1-13(2)18-14(3)19(15-9-11-17(21)12-10-15)23-20(22-18)16-7-5-4-6-8-16/h4-13H,1-3H3. The summed E-state index contributed by atoms with van der Waals surface area (Å²) in [4.78, 5) is 9.51. The average molecular weight is 306 g/mol. The summed E-state index contributed by atoms with van der Waals surface area (Å²) >= 11 is 0. The maximum absolute atomic E-state index is 13.2. The third-order valence-electron chi connectivity index (χ3n) is 3.88. The number of halogens is 1. The highest BCUT2D eigenvalue weighted by Gasteiger charge is 2.15. The molecule has 0 fully saturated rings. The van der Waals surface area contributed by atoms with Crippen molar-refractivity contribution in [3.8, 4) is 22.6 Å². The number of aromatic nitrogens is 2. The zero-order valence-electron chi connectivity index (χ0n) is 13.5. The second kappa shape index (κ2) is 6.29. The van der Waals surface area contributed by atoms with E-state index < -0.39 is 0 Å². The van der Waals surface area contributed by atoms with Crippen LogP contribution in [0.3, 0.4) is 0 Å². The fourth-order valence-electron chi connectivity index (χ4n) is 2.70. The van der Waals surface area contributed by atoms with Crippen LogP contribution in [-0.4, -0.2) is 9.97 Å². The minimum absolute atomic E-state index is 0.243. The Labute approximate surface area is 136 Å². The van der Waals surface area contributed by atoms with Crippen molar-refractivity contribution in [2.75, 3.05) is 0 Å². The Kier molecular flexibility index (Phi) is 4.20. The molecule has 0 aliphatic heterocycles. The van der Waals surface area contributed by atoms with Crippen LogP contribution in [0.1, 0.15) is 31.0 Å². The van der Waals surface area contributed by atoms with Gasteiger partial charge in [-0.1, -0.05) is 44.2 Å². The van der Waals surface area contributed by atoms with Crippen LogP contribution in [0.25, 0.3) is 22.6 Å². The van der Waals surface area contributed by atoms with E-state index in [9.17, 15) is 4.39 Å². The molecule has 3 rings (SSSR count). The molecule has 0 unspecified atom stereocenters. The minimum Gasteiger partial charge on any atom is -0.232 e. The van der Waals surface area contributed by atoms with Crippen molar-refractivity contribution in [1.82, 2.24) is 9.97 Å². The molecule has 2 nitrogen and oxygen atoms in total. The predicted molar refractivity (Wildman–Crippen MR) is 91.7 cm³/mol. The zero-order chi connectivity index (χ0) is 16.4. The average Bonchev–Trinajstić information content (AvgIpc) is 2.56. The van der Waals surface area contributed by atoms with E-state index in [1.807, 2.05) is 37.3 Å². The fourth-order valence-corrected chi connectivity index (χ4v) is 2.70. The van der Waals surface area contributed by atoms with Crippen LogP contribution in [0.4, 0.5) is 4.39 Å². The summed E-state index contributed by atoms with van der Waals surface area (Å²) in [6.07, 6.45) is 0. The Morgan fingerprint density at radius 2 is 1.48 bits per heavy atom. The molecule has 0 N–H and O–H groups in total. The van der Waals surface area contributed by atoms with Gasteiger partial charge in [0.15, 0.2) is 5.82 Å². The van der Waals surface area contributed by atoms with Gasteiger partial charge in [0.1, 0.15) is 5.82 Å². The second-order valence-corrected chi connectivity index (χ2v) is 5.93. The molecular weight excluding hydrogens is 287 g/mol. The molecule has 1 heterocycles. The van der Waals surface area contributed by atoms with Gasteiger partial charge in [0.05, 0.1) is 11.4 Å². The smallest absolute Gasteiger partial charge is 0.160 e. The Hall–Kier alpha value is -2.55. The molecule has 0 amide bonds. The van der Waals surface area contributed by atoms with Crippen LogP contribution >= 0.6 is 0 Å². The summed E-state index contributed by atoms with van der Waals surface area (Å²) in [6.45, 7) is 6.28. The fraction of sp³-hybridized carbons (Fsp3) is 0.200. The van der Waals surface area contributed by atoms with Crippen molar-refractivity contribution in [1.29, 1.82) is 0 Å². The van der Waals surface area contributed by atoms with Crippen LogP contribution in [0.15, 0.2) is 54.6 Å². The Morgan fingerprint density at radius 3 is 2.09 bits per heavy atom. The lowest BCUT2D eigenvalue weighted by molar-refractivity contribution is 0.628. The van der Waals surface area contributed by atoms with Crippen molar-refractivity contribution in [3.05, 3.63) is 71.7 Å². The third-order valence-corrected chi connectivity index (χ3v) is 3.88. The van der Waals surface area contributed by atoms with Gasteiger partial charge in [0, 0.05) is 11.1 Å². The van der Waals surface area contributed by atoms with E-state index >= 15 is 0 Å². The Morgan fingerprint density at radius 1 is 0.826 bits per heavy atom. The summed E-state index contributed by atoms with van der Waals surface area (Å²) in [7, 11) is 0. The van der Waals surface area contributed by atoms with Crippen molar-refractivity contribution in [2.45, 2.75) is 26.7 Å². The first-order valence-corrected chi connectivity index (χ1v) is 7.76. The highest BCUT2D eigenvalue weighted by molar-refractivity contribution is 5.67. The number of hydrogen-bond donors (Lipinski definition) is 0. The summed E-state index contributed by atoms with van der Waals surface area (Å²) in [5.74, 6) is 0.756. The highest BCUT2D eigenvalue weighted by Crippen LogP contribution is 2.29. The van der Waals surface area contributed by atoms with Crippen molar-refractivity contribution in [3.63, 3.8) is 0 Å². The lowest BCUT2D eigenvalue weighted by Crippen LogP contribution is -2.04. The van der Waals surface area contributed by atoms with Crippen LogP contribution in [-0.2, 0) is 0 Å². The summed E-state index contributed by atoms with van der Waals surface area (Å²) in [5.41, 5.74) is 4.83. The van der Waals surface area contributed by atoms with Gasteiger partial charge in [-0.2, -0.15) is 0 Å². The molecule has 0 bridgehead atoms. The quantitative estimate of drug-likeness (QED) is 0.649. The van der Waals surface area contributed by atoms with Crippen LogP contribution in [0, 0.1) is 12.7 Å². The van der Waals surface area contributed by atoms with Crippen molar-refractivity contribution in [2.24, 2.45) is 0 Å². The predicted octanol–water partition coefficient (Wildman–Crippen LogP) is 5.38. The third kappa shape index (κ3) is 3.14. The molecule has 0 saturated heterocycles. The van der Waals surface area contributed by atoms with Crippen molar-refractivity contribution >= 4 is 0 Å². The van der Waals surface area contributed by atoms with Crippen LogP contribution in [0.5, 0.6) is 0 Å². The van der Waals surface area contributed by atoms with Crippen molar-refractivity contribution < 1.29 is 4.39 Å². The van der Waals surface area contributed by atoms with E-state index in [-0.39, 0.29) is 5.82 Å². The first kappa shape index (κ1) is 15.3. The van der Waals surface area contributed by atoms with Gasteiger partial charge in [-0.3, -0.25) is 0 Å². The zero-order valence-corrected chi connectivity index (χ0v) is 13.5. The van der Waals surface area contributed by atoms with E-state index in [0.717, 1.165) is 28.1 Å². The molecule has 0 saturated carbocycles. The van der Waals surface area contributed by atoms with Gasteiger partial charge >= 0.3 is 0 Å². The number of nitrogens with zero attached hydrogens (tertiary/aromatic N) is 2. The van der Waals surface area contributed by atoms with E-state index in [2.05, 4.69) is 13.8 Å². The SMILES string of the molecule is Cc1c(-c2ccc(F)cc2)nc(-c2ccccc2)nc1C(C)C. The molecule has 0 spiro atoms. The van der Waals surface area contributed by atoms with E-state index in [0.29, 0.717) is 11.7 Å². The largest absolute Gasteiger partial charge is 0.232 e. The number of benzene rings is 2. The van der Waals surface area contributed by atoms with Gasteiger partial charge in [-0.15, -0.1) is 0 Å². The first-order valence-electron chi connectivity index (χ1n) is 7.76. The molecule has 116 valence electrons. The Bertz CT molecular complexity index is 809. The van der Waals surface area contributed by atoms with Gasteiger partial charge in [0.2, 0.25) is 0 Å². The second-order valence-electron chi connectivity index (χ2n) is 5.93. The summed E-state index contributed by atoms with van der Waals surface area (Å²) in [5, 5.41) is 0. The molecule has 0 aliphatic carbocycles. The number of hydrogen-bond acceptors (Lipinski definition) is 2. The molecule has 0 radical (unpaired) electrons. The number of rotatable bonds is 3. The highest BCUT2D eigenvalue weighted by atomic mass is 19.1. The van der Waals surface area contributed by atoms with Gasteiger partial charge in [-0.25, -0.2) is 14.4 Å². The summed E-state index contributed by atoms with van der Waals surface area (Å²) < 4.78 is 13.2. The maximum atomic E-state index is 13.2. The first-order chi connectivity index (χ1) is 11.1. The molecule has 3 aromatic rings. The normalized spacial score (nSPS) is 11.0. The van der Waals surface area contributed by atoms with E-state index in [1.54, 1.807) is 12.1 Å². The van der Waals surface area contributed by atoms with Gasteiger partial charge in [-0.05, 0) is 42.7 Å². The topological polar surface area (TPSA) is 25.8 Å². The molecule has 1 aromatic heterocycles. The molecular formula is C20H19FN2. The Balaban J connectivity index is 2.22. The molecule has 3 heteroatoms. The summed E-state index contributed by atoms with van der Waals surface area (Å²) in [6, 6.07) is 16.4. The van der Waals surface area contributed by atoms with E-state index in [4.69, 9.17) is 9.97 Å². The monoisotopic (exact) mass is 306 g/mol. The van der Waals surface area contributed by atoms with E-state index in [1.165, 1.54) is 12.1 Å². The van der Waals surface area contributed by atoms with Gasteiger partial charge in [0.25, 0.3) is 0 Å². The van der Waals surface area contributed by atoms with Crippen LogP contribution in [0.2, 0.25) is 0 Å².